The molecule has 1 amide bonds. The van der Waals surface area contributed by atoms with E-state index in [1.165, 1.54) is 29.1 Å². The van der Waals surface area contributed by atoms with Crippen molar-refractivity contribution in [1.82, 2.24) is 24.1 Å². The second kappa shape index (κ2) is 8.01. The minimum atomic E-state index is -3.57. The maximum absolute atomic E-state index is 12.8. The van der Waals surface area contributed by atoms with Gasteiger partial charge in [-0.1, -0.05) is 6.07 Å². The van der Waals surface area contributed by atoms with Crippen LogP contribution < -0.4 is 5.32 Å². The second-order valence-electron chi connectivity index (χ2n) is 6.46. The summed E-state index contributed by atoms with van der Waals surface area (Å²) in [6.45, 7) is 1.04. The van der Waals surface area contributed by atoms with Crippen LogP contribution in [0.4, 0.5) is 5.69 Å². The molecule has 0 saturated carbocycles. The van der Waals surface area contributed by atoms with Gasteiger partial charge in [0.1, 0.15) is 24.2 Å². The van der Waals surface area contributed by atoms with Gasteiger partial charge < -0.3 is 5.32 Å². The van der Waals surface area contributed by atoms with E-state index in [1.54, 1.807) is 28.8 Å². The summed E-state index contributed by atoms with van der Waals surface area (Å²) >= 11 is 3.33. The molecule has 0 atom stereocenters. The highest BCUT2D eigenvalue weighted by Crippen LogP contribution is 2.24. The summed E-state index contributed by atoms with van der Waals surface area (Å²) in [5, 5.41) is 10.2. The van der Waals surface area contributed by atoms with E-state index in [4.69, 9.17) is 0 Å². The van der Waals surface area contributed by atoms with Crippen molar-refractivity contribution in [2.24, 2.45) is 0 Å². The number of rotatable bonds is 5. The number of amides is 1. The van der Waals surface area contributed by atoms with Gasteiger partial charge in [0.15, 0.2) is 0 Å². The normalized spacial score (nSPS) is 14.8. The summed E-state index contributed by atoms with van der Waals surface area (Å²) in [6, 6.07) is 9.65. The van der Waals surface area contributed by atoms with Crippen LogP contribution in [0.15, 0.2) is 58.4 Å². The minimum Gasteiger partial charge on any atom is -0.321 e. The summed E-state index contributed by atoms with van der Waals surface area (Å²) in [6.07, 6.45) is 4.67. The van der Waals surface area contributed by atoms with Crippen LogP contribution in [0.25, 0.3) is 5.82 Å². The van der Waals surface area contributed by atoms with E-state index in [1.807, 2.05) is 0 Å². The average Bonchev–Trinajstić information content (AvgIpc) is 3.43. The predicted molar refractivity (Wildman–Crippen MR) is 109 cm³/mol. The van der Waals surface area contributed by atoms with Gasteiger partial charge in [0.2, 0.25) is 10.0 Å². The number of sulfonamides is 1. The molecule has 11 heteroatoms. The summed E-state index contributed by atoms with van der Waals surface area (Å²) in [5.41, 5.74) is 0.530. The molecule has 1 aromatic carbocycles. The zero-order valence-corrected chi connectivity index (χ0v) is 17.6. The number of anilines is 1. The monoisotopic (exact) mass is 476 g/mol. The SMILES string of the molecule is O=C(Nc1cccc(S(=O)(=O)N2CCCC2)c1)c1nc(-n2cnnc2)ccc1Br. The fraction of sp³-hybridized carbons (Fsp3) is 0.222. The molecule has 150 valence electrons. The quantitative estimate of drug-likeness (QED) is 0.605. The van der Waals surface area contributed by atoms with Crippen LogP contribution in [-0.4, -0.2) is 51.5 Å². The van der Waals surface area contributed by atoms with Crippen molar-refractivity contribution in [3.8, 4) is 5.82 Å². The molecule has 1 N–H and O–H groups in total. The van der Waals surface area contributed by atoms with Gasteiger partial charge in [-0.05, 0) is 59.1 Å². The fourth-order valence-electron chi connectivity index (χ4n) is 3.06. The Hall–Kier alpha value is -2.63. The third kappa shape index (κ3) is 4.07. The summed E-state index contributed by atoms with van der Waals surface area (Å²) < 4.78 is 29.1. The molecule has 0 unspecified atom stereocenters. The molecular weight excluding hydrogens is 460 g/mol. The van der Waals surface area contributed by atoms with Gasteiger partial charge in [-0.3, -0.25) is 9.36 Å². The van der Waals surface area contributed by atoms with Crippen LogP contribution in [0.2, 0.25) is 0 Å². The molecule has 0 radical (unpaired) electrons. The van der Waals surface area contributed by atoms with Crippen LogP contribution in [0, 0.1) is 0 Å². The number of halogens is 1. The Morgan fingerprint density at radius 3 is 2.52 bits per heavy atom. The molecule has 0 aliphatic carbocycles. The van der Waals surface area contributed by atoms with E-state index in [9.17, 15) is 13.2 Å². The molecule has 1 aliphatic rings. The first kappa shape index (κ1) is 19.7. The van der Waals surface area contributed by atoms with Gasteiger partial charge in [-0.25, -0.2) is 13.4 Å². The number of hydrogen-bond donors (Lipinski definition) is 1. The van der Waals surface area contributed by atoms with Gasteiger partial charge in [0.25, 0.3) is 5.91 Å². The lowest BCUT2D eigenvalue weighted by molar-refractivity contribution is 0.102. The van der Waals surface area contributed by atoms with E-state index < -0.39 is 15.9 Å². The average molecular weight is 477 g/mol. The van der Waals surface area contributed by atoms with E-state index in [0.717, 1.165) is 12.8 Å². The summed E-state index contributed by atoms with van der Waals surface area (Å²) in [5.74, 6) is 0.0104. The molecule has 2 aromatic heterocycles. The van der Waals surface area contributed by atoms with Crippen molar-refractivity contribution in [3.63, 3.8) is 0 Å². The third-order valence-corrected chi connectivity index (χ3v) is 7.06. The van der Waals surface area contributed by atoms with Crippen molar-refractivity contribution in [3.05, 3.63) is 59.2 Å². The highest BCUT2D eigenvalue weighted by molar-refractivity contribution is 9.10. The molecule has 3 aromatic rings. The number of carbonyl (C=O) groups is 1. The fourth-order valence-corrected chi connectivity index (χ4v) is 5.02. The van der Waals surface area contributed by atoms with Crippen molar-refractivity contribution in [2.45, 2.75) is 17.7 Å². The van der Waals surface area contributed by atoms with Gasteiger partial charge in [-0.15, -0.1) is 10.2 Å². The maximum Gasteiger partial charge on any atom is 0.275 e. The van der Waals surface area contributed by atoms with E-state index in [0.29, 0.717) is 29.1 Å². The zero-order valence-electron chi connectivity index (χ0n) is 15.2. The number of nitrogens with zero attached hydrogens (tertiary/aromatic N) is 5. The van der Waals surface area contributed by atoms with Gasteiger partial charge in [0, 0.05) is 23.2 Å². The number of carbonyl (C=O) groups excluding carboxylic acids is 1. The molecule has 1 saturated heterocycles. The van der Waals surface area contributed by atoms with Crippen LogP contribution in [0.3, 0.4) is 0 Å². The Bertz CT molecular complexity index is 1140. The number of aromatic nitrogens is 4. The molecular formula is C18H17BrN6O3S. The highest BCUT2D eigenvalue weighted by Gasteiger charge is 2.27. The largest absolute Gasteiger partial charge is 0.321 e. The van der Waals surface area contributed by atoms with Crippen LogP contribution in [-0.2, 0) is 10.0 Å². The highest BCUT2D eigenvalue weighted by atomic mass is 79.9. The van der Waals surface area contributed by atoms with Gasteiger partial charge in [-0.2, -0.15) is 4.31 Å². The molecule has 9 nitrogen and oxygen atoms in total. The number of pyridine rings is 1. The first-order valence-corrected chi connectivity index (χ1v) is 11.1. The van der Waals surface area contributed by atoms with Crippen molar-refractivity contribution < 1.29 is 13.2 Å². The van der Waals surface area contributed by atoms with Crippen molar-refractivity contribution >= 4 is 37.5 Å². The Morgan fingerprint density at radius 1 is 1.07 bits per heavy atom. The number of hydrogen-bond acceptors (Lipinski definition) is 6. The first-order valence-electron chi connectivity index (χ1n) is 8.88. The van der Waals surface area contributed by atoms with Crippen molar-refractivity contribution in [1.29, 1.82) is 0 Å². The summed E-state index contributed by atoms with van der Waals surface area (Å²) in [4.78, 5) is 17.3. The van der Waals surface area contributed by atoms with E-state index >= 15 is 0 Å². The second-order valence-corrected chi connectivity index (χ2v) is 9.25. The van der Waals surface area contributed by atoms with Crippen LogP contribution >= 0.6 is 15.9 Å². The lowest BCUT2D eigenvalue weighted by atomic mass is 10.3. The Morgan fingerprint density at radius 2 is 1.79 bits per heavy atom. The molecule has 0 bridgehead atoms. The van der Waals surface area contributed by atoms with E-state index in [2.05, 4.69) is 36.4 Å². The molecule has 0 spiro atoms. The Labute approximate surface area is 176 Å². The number of benzene rings is 1. The van der Waals surface area contributed by atoms with E-state index in [-0.39, 0.29) is 10.6 Å². The first-order chi connectivity index (χ1) is 13.9. The molecule has 4 rings (SSSR count). The molecule has 1 fully saturated rings. The van der Waals surface area contributed by atoms with Crippen LogP contribution in [0.5, 0.6) is 0 Å². The van der Waals surface area contributed by atoms with Gasteiger partial charge >= 0.3 is 0 Å². The molecule has 29 heavy (non-hydrogen) atoms. The Balaban J connectivity index is 1.59. The van der Waals surface area contributed by atoms with Gasteiger partial charge in [0.05, 0.1) is 4.90 Å². The standard InChI is InChI=1S/C18H17BrN6O3S/c19-15-6-7-16(24-11-20-21-12-24)23-17(15)18(26)22-13-4-3-5-14(10-13)29(27,28)25-8-1-2-9-25/h3-7,10-12H,1-2,8-9H2,(H,22,26). The lowest BCUT2D eigenvalue weighted by Crippen LogP contribution is -2.28. The minimum absolute atomic E-state index is 0.155. The lowest BCUT2D eigenvalue weighted by Gasteiger charge is -2.16. The molecule has 3 heterocycles. The maximum atomic E-state index is 12.8. The topological polar surface area (TPSA) is 110 Å². The predicted octanol–water partition coefficient (Wildman–Crippen LogP) is 2.46. The van der Waals surface area contributed by atoms with Crippen molar-refractivity contribution in [2.75, 3.05) is 18.4 Å². The third-order valence-electron chi connectivity index (χ3n) is 4.52. The zero-order chi connectivity index (χ0) is 20.4. The molecule has 1 aliphatic heterocycles. The summed E-state index contributed by atoms with van der Waals surface area (Å²) in [7, 11) is -3.57. The smallest absolute Gasteiger partial charge is 0.275 e. The Kier molecular flexibility index (Phi) is 5.43. The number of nitrogens with one attached hydrogen (secondary N) is 1. The van der Waals surface area contributed by atoms with Crippen LogP contribution in [0.1, 0.15) is 23.3 Å².